The van der Waals surface area contributed by atoms with Crippen molar-refractivity contribution < 1.29 is 19.4 Å². The molecule has 0 aromatic heterocycles. The molecular weight excluding hydrogens is 208 g/mol. The Morgan fingerprint density at radius 3 is 2.31 bits per heavy atom. The Labute approximate surface area is 93.9 Å². The van der Waals surface area contributed by atoms with E-state index in [9.17, 15) is 9.59 Å². The second-order valence-electron chi connectivity index (χ2n) is 3.79. The number of esters is 1. The van der Waals surface area contributed by atoms with Crippen LogP contribution in [-0.2, 0) is 20.7 Å². The average molecular weight is 222 g/mol. The zero-order valence-electron chi connectivity index (χ0n) is 9.27. The van der Waals surface area contributed by atoms with Gasteiger partial charge in [0.25, 0.3) is 0 Å². The maximum absolute atomic E-state index is 11.5. The molecule has 0 bridgehead atoms. The van der Waals surface area contributed by atoms with E-state index in [1.54, 1.807) is 24.3 Å². The molecular formula is C12H14O4. The summed E-state index contributed by atoms with van der Waals surface area (Å²) < 4.78 is 4.53. The van der Waals surface area contributed by atoms with Crippen LogP contribution < -0.4 is 0 Å². The second kappa shape index (κ2) is 4.79. The minimum absolute atomic E-state index is 0.121. The number of rotatable bonds is 4. The van der Waals surface area contributed by atoms with Crippen molar-refractivity contribution >= 4 is 11.9 Å². The molecule has 1 aromatic rings. The van der Waals surface area contributed by atoms with Crippen LogP contribution in [0.25, 0.3) is 0 Å². The number of benzene rings is 1. The van der Waals surface area contributed by atoms with Gasteiger partial charge in [0.15, 0.2) is 5.41 Å². The van der Waals surface area contributed by atoms with E-state index < -0.39 is 17.4 Å². The van der Waals surface area contributed by atoms with Crippen molar-refractivity contribution in [2.75, 3.05) is 7.11 Å². The monoisotopic (exact) mass is 222 g/mol. The highest BCUT2D eigenvalue weighted by Gasteiger charge is 2.42. The maximum atomic E-state index is 11.5. The third-order valence-electron chi connectivity index (χ3n) is 2.51. The highest BCUT2D eigenvalue weighted by Crippen LogP contribution is 2.24. The van der Waals surface area contributed by atoms with Crippen molar-refractivity contribution in [3.63, 3.8) is 0 Å². The van der Waals surface area contributed by atoms with Crippen LogP contribution in [0.3, 0.4) is 0 Å². The molecule has 0 saturated carbocycles. The fourth-order valence-electron chi connectivity index (χ4n) is 1.46. The zero-order chi connectivity index (χ0) is 12.2. The van der Waals surface area contributed by atoms with Gasteiger partial charge in [0, 0.05) is 0 Å². The van der Waals surface area contributed by atoms with Crippen molar-refractivity contribution in [1.82, 2.24) is 0 Å². The van der Waals surface area contributed by atoms with Crippen molar-refractivity contribution in [1.29, 1.82) is 0 Å². The standard InChI is InChI=1S/C12H14O4/c1-12(10(13)14,11(15)16-2)8-9-6-4-3-5-7-9/h3-7H,8H2,1-2H3,(H,13,14). The molecule has 0 aliphatic heterocycles. The molecule has 4 heteroatoms. The number of aliphatic carboxylic acids is 1. The van der Waals surface area contributed by atoms with E-state index in [4.69, 9.17) is 5.11 Å². The molecule has 1 rings (SSSR count). The van der Waals surface area contributed by atoms with Crippen LogP contribution in [-0.4, -0.2) is 24.2 Å². The first-order valence-electron chi connectivity index (χ1n) is 4.86. The summed E-state index contributed by atoms with van der Waals surface area (Å²) in [6.07, 6.45) is 0.121. The van der Waals surface area contributed by atoms with Gasteiger partial charge in [-0.15, -0.1) is 0 Å². The third-order valence-corrected chi connectivity index (χ3v) is 2.51. The number of hydrogen-bond acceptors (Lipinski definition) is 3. The molecule has 0 heterocycles. The molecule has 1 aromatic carbocycles. The van der Waals surface area contributed by atoms with E-state index in [0.717, 1.165) is 5.56 Å². The van der Waals surface area contributed by atoms with Crippen LogP contribution in [0.1, 0.15) is 12.5 Å². The van der Waals surface area contributed by atoms with Gasteiger partial charge in [0.1, 0.15) is 0 Å². The number of hydrogen-bond donors (Lipinski definition) is 1. The Bertz CT molecular complexity index is 385. The third kappa shape index (κ3) is 2.39. The summed E-state index contributed by atoms with van der Waals surface area (Å²) in [7, 11) is 1.19. The minimum Gasteiger partial charge on any atom is -0.480 e. The molecule has 0 fully saturated rings. The number of carbonyl (C=O) groups excluding carboxylic acids is 1. The summed E-state index contributed by atoms with van der Waals surface area (Å²) in [5.74, 6) is -1.91. The molecule has 0 saturated heterocycles. The van der Waals surface area contributed by atoms with Crippen molar-refractivity contribution in [2.24, 2.45) is 5.41 Å². The smallest absolute Gasteiger partial charge is 0.323 e. The van der Waals surface area contributed by atoms with E-state index in [2.05, 4.69) is 4.74 Å². The van der Waals surface area contributed by atoms with Crippen LogP contribution >= 0.6 is 0 Å². The van der Waals surface area contributed by atoms with Gasteiger partial charge in [0.2, 0.25) is 0 Å². The van der Waals surface area contributed by atoms with E-state index in [1.165, 1.54) is 14.0 Å². The van der Waals surface area contributed by atoms with Crippen LogP contribution in [0.4, 0.5) is 0 Å². The number of carboxylic acid groups (broad SMARTS) is 1. The molecule has 1 unspecified atom stereocenters. The zero-order valence-corrected chi connectivity index (χ0v) is 9.27. The molecule has 1 N–H and O–H groups in total. The first-order valence-corrected chi connectivity index (χ1v) is 4.86. The minimum atomic E-state index is -1.53. The largest absolute Gasteiger partial charge is 0.480 e. The van der Waals surface area contributed by atoms with Gasteiger partial charge in [-0.2, -0.15) is 0 Å². The lowest BCUT2D eigenvalue weighted by atomic mass is 9.84. The van der Waals surface area contributed by atoms with Crippen LogP contribution in [0, 0.1) is 5.41 Å². The predicted octanol–water partition coefficient (Wildman–Crippen LogP) is 1.49. The Hall–Kier alpha value is -1.84. The van der Waals surface area contributed by atoms with Crippen molar-refractivity contribution in [3.05, 3.63) is 35.9 Å². The van der Waals surface area contributed by atoms with Crippen LogP contribution in [0.2, 0.25) is 0 Å². The lowest BCUT2D eigenvalue weighted by Crippen LogP contribution is -2.39. The van der Waals surface area contributed by atoms with Gasteiger partial charge in [-0.05, 0) is 18.9 Å². The summed E-state index contributed by atoms with van der Waals surface area (Å²) in [6, 6.07) is 9.00. The van der Waals surface area contributed by atoms with Crippen LogP contribution in [0.5, 0.6) is 0 Å². The summed E-state index contributed by atoms with van der Waals surface area (Å²) in [4.78, 5) is 22.6. The van der Waals surface area contributed by atoms with E-state index in [0.29, 0.717) is 0 Å². The normalized spacial score (nSPS) is 13.9. The summed E-state index contributed by atoms with van der Waals surface area (Å²) in [5.41, 5.74) is -0.742. The Morgan fingerprint density at radius 1 is 1.31 bits per heavy atom. The highest BCUT2D eigenvalue weighted by molar-refractivity contribution is 5.98. The molecule has 16 heavy (non-hydrogen) atoms. The number of methoxy groups -OCH3 is 1. The number of carbonyl (C=O) groups is 2. The van der Waals surface area contributed by atoms with Crippen LogP contribution in [0.15, 0.2) is 30.3 Å². The summed E-state index contributed by atoms with van der Waals surface area (Å²) >= 11 is 0. The molecule has 0 aliphatic rings. The van der Waals surface area contributed by atoms with Crippen molar-refractivity contribution in [3.8, 4) is 0 Å². The second-order valence-corrected chi connectivity index (χ2v) is 3.79. The van der Waals surface area contributed by atoms with E-state index >= 15 is 0 Å². The maximum Gasteiger partial charge on any atom is 0.323 e. The summed E-state index contributed by atoms with van der Waals surface area (Å²) in [6.45, 7) is 1.37. The molecule has 0 radical (unpaired) electrons. The Kier molecular flexibility index (Phi) is 3.66. The van der Waals surface area contributed by atoms with E-state index in [-0.39, 0.29) is 6.42 Å². The molecule has 86 valence electrons. The average Bonchev–Trinajstić information content (AvgIpc) is 2.28. The van der Waals surface area contributed by atoms with Gasteiger partial charge < -0.3 is 9.84 Å². The molecule has 0 spiro atoms. The lowest BCUT2D eigenvalue weighted by Gasteiger charge is -2.21. The molecule has 0 aliphatic carbocycles. The quantitative estimate of drug-likeness (QED) is 0.619. The molecule has 4 nitrogen and oxygen atoms in total. The van der Waals surface area contributed by atoms with Gasteiger partial charge in [-0.25, -0.2) is 0 Å². The first kappa shape index (κ1) is 12.2. The SMILES string of the molecule is COC(=O)C(C)(Cc1ccccc1)C(=O)O. The number of carboxylic acids is 1. The molecule has 1 atom stereocenters. The highest BCUT2D eigenvalue weighted by atomic mass is 16.5. The van der Waals surface area contributed by atoms with E-state index in [1.807, 2.05) is 6.07 Å². The first-order chi connectivity index (χ1) is 7.50. The summed E-state index contributed by atoms with van der Waals surface area (Å²) in [5, 5.41) is 9.09. The fraction of sp³-hybridized carbons (Fsp3) is 0.333. The Morgan fingerprint density at radius 2 is 1.88 bits per heavy atom. The topological polar surface area (TPSA) is 63.6 Å². The Balaban J connectivity index is 2.97. The lowest BCUT2D eigenvalue weighted by molar-refractivity contribution is -0.165. The number of ether oxygens (including phenoxy) is 1. The predicted molar refractivity (Wildman–Crippen MR) is 57.9 cm³/mol. The molecule has 0 amide bonds. The van der Waals surface area contributed by atoms with Gasteiger partial charge >= 0.3 is 11.9 Å². The van der Waals surface area contributed by atoms with Gasteiger partial charge in [0.05, 0.1) is 7.11 Å². The van der Waals surface area contributed by atoms with Crippen molar-refractivity contribution in [2.45, 2.75) is 13.3 Å². The van der Waals surface area contributed by atoms with Gasteiger partial charge in [-0.1, -0.05) is 30.3 Å². The van der Waals surface area contributed by atoms with Gasteiger partial charge in [-0.3, -0.25) is 9.59 Å². The fourth-order valence-corrected chi connectivity index (χ4v) is 1.46.